The molecule has 0 radical (unpaired) electrons. The molecular formula is C19H28O2. The molecule has 4 saturated carbocycles. The van der Waals surface area contributed by atoms with Gasteiger partial charge < -0.3 is 0 Å². The first-order valence-electron chi connectivity index (χ1n) is 8.98. The Bertz CT molecular complexity index is 496. The van der Waals surface area contributed by atoms with Crippen LogP contribution in [-0.4, -0.2) is 11.6 Å². The summed E-state index contributed by atoms with van der Waals surface area (Å²) in [5.74, 6) is 3.29. The van der Waals surface area contributed by atoms with E-state index in [-0.39, 0.29) is 0 Å². The summed E-state index contributed by atoms with van der Waals surface area (Å²) in [6.07, 6.45) is 9.54. The maximum absolute atomic E-state index is 12.5. The number of rotatable bonds is 0. The molecule has 116 valence electrons. The number of carbonyl (C=O) groups is 2. The summed E-state index contributed by atoms with van der Waals surface area (Å²) >= 11 is 0. The van der Waals surface area contributed by atoms with Crippen LogP contribution in [0.5, 0.6) is 0 Å². The van der Waals surface area contributed by atoms with Crippen molar-refractivity contribution in [1.29, 1.82) is 0 Å². The van der Waals surface area contributed by atoms with Gasteiger partial charge in [-0.15, -0.1) is 0 Å². The molecule has 2 nitrogen and oxygen atoms in total. The Morgan fingerprint density at radius 3 is 2.57 bits per heavy atom. The highest BCUT2D eigenvalue weighted by atomic mass is 16.1. The van der Waals surface area contributed by atoms with Gasteiger partial charge in [0.05, 0.1) is 0 Å². The van der Waals surface area contributed by atoms with Crippen LogP contribution in [0.4, 0.5) is 0 Å². The van der Waals surface area contributed by atoms with E-state index in [9.17, 15) is 9.59 Å². The number of Topliss-reactive ketones (excluding diaryl/α,β-unsaturated/α-hetero) is 2. The minimum Gasteiger partial charge on any atom is -0.300 e. The van der Waals surface area contributed by atoms with Crippen LogP contribution in [0.3, 0.4) is 0 Å². The van der Waals surface area contributed by atoms with Gasteiger partial charge in [-0.1, -0.05) is 13.8 Å². The van der Waals surface area contributed by atoms with Gasteiger partial charge >= 0.3 is 0 Å². The molecule has 0 aromatic carbocycles. The standard InChI is InChI=1S/C19H28O2/c1-18-8-6-15-14(17(18)16(21)7-9-18)4-3-12-11-13(20)5-10-19(12,15)2/h12,14-15,17H,3-11H2,1-2H3/t12?,14-,15-,17-,18-,19+/m1/s1. The van der Waals surface area contributed by atoms with Crippen LogP contribution >= 0.6 is 0 Å². The smallest absolute Gasteiger partial charge is 0.136 e. The van der Waals surface area contributed by atoms with Crippen LogP contribution in [0.15, 0.2) is 0 Å². The van der Waals surface area contributed by atoms with Gasteiger partial charge in [-0.05, 0) is 67.1 Å². The van der Waals surface area contributed by atoms with Gasteiger partial charge in [-0.2, -0.15) is 0 Å². The lowest BCUT2D eigenvalue weighted by Crippen LogP contribution is -2.53. The predicted octanol–water partition coefficient (Wildman–Crippen LogP) is 4.17. The lowest BCUT2D eigenvalue weighted by molar-refractivity contribution is -0.145. The van der Waals surface area contributed by atoms with Crippen LogP contribution in [0.1, 0.15) is 71.6 Å². The van der Waals surface area contributed by atoms with Crippen molar-refractivity contribution in [3.8, 4) is 0 Å². The Morgan fingerprint density at radius 2 is 1.76 bits per heavy atom. The van der Waals surface area contributed by atoms with E-state index < -0.39 is 0 Å². The molecule has 0 heterocycles. The number of hydrogen-bond acceptors (Lipinski definition) is 2. The highest BCUT2D eigenvalue weighted by molar-refractivity contribution is 5.85. The van der Waals surface area contributed by atoms with Gasteiger partial charge in [0, 0.05) is 25.2 Å². The van der Waals surface area contributed by atoms with E-state index in [4.69, 9.17) is 0 Å². The SMILES string of the molecule is C[C@@]12CCC(=O)[C@H]1[C@@H]1CCC3CC(=O)CC[C@]3(C)[C@@H]1CC2. The highest BCUT2D eigenvalue weighted by Gasteiger charge is 2.60. The lowest BCUT2D eigenvalue weighted by atomic mass is 9.45. The van der Waals surface area contributed by atoms with Gasteiger partial charge in [0.2, 0.25) is 0 Å². The molecule has 21 heavy (non-hydrogen) atoms. The second-order valence-corrected chi connectivity index (χ2v) is 8.93. The molecule has 2 heteroatoms. The van der Waals surface area contributed by atoms with E-state index in [1.54, 1.807) is 0 Å². The maximum atomic E-state index is 12.5. The Morgan fingerprint density at radius 1 is 0.952 bits per heavy atom. The van der Waals surface area contributed by atoms with Crippen LogP contribution in [0, 0.1) is 34.5 Å². The van der Waals surface area contributed by atoms with Crippen molar-refractivity contribution >= 4 is 11.6 Å². The third kappa shape index (κ3) is 1.83. The van der Waals surface area contributed by atoms with Crippen molar-refractivity contribution in [2.75, 3.05) is 0 Å². The summed E-state index contributed by atoms with van der Waals surface area (Å²) in [7, 11) is 0. The van der Waals surface area contributed by atoms with Gasteiger partial charge in [0.15, 0.2) is 0 Å². The van der Waals surface area contributed by atoms with Crippen molar-refractivity contribution < 1.29 is 9.59 Å². The summed E-state index contributed by atoms with van der Waals surface area (Å²) in [5, 5.41) is 0. The zero-order valence-electron chi connectivity index (χ0n) is 13.5. The lowest BCUT2D eigenvalue weighted by Gasteiger charge is -2.59. The van der Waals surface area contributed by atoms with E-state index in [1.165, 1.54) is 25.7 Å². The fraction of sp³-hybridized carbons (Fsp3) is 0.895. The minimum atomic E-state index is 0.298. The van der Waals surface area contributed by atoms with Crippen LogP contribution in [0.2, 0.25) is 0 Å². The number of ketones is 2. The Kier molecular flexibility index (Phi) is 2.94. The van der Waals surface area contributed by atoms with Gasteiger partial charge in [0.1, 0.15) is 11.6 Å². The van der Waals surface area contributed by atoms with Crippen molar-refractivity contribution in [3.63, 3.8) is 0 Å². The van der Waals surface area contributed by atoms with E-state index in [1.807, 2.05) is 0 Å². The molecule has 0 aromatic rings. The predicted molar refractivity (Wildman–Crippen MR) is 81.7 cm³/mol. The van der Waals surface area contributed by atoms with E-state index in [0.717, 1.165) is 32.1 Å². The molecule has 1 unspecified atom stereocenters. The second-order valence-electron chi connectivity index (χ2n) is 8.93. The van der Waals surface area contributed by atoms with Crippen molar-refractivity contribution in [2.45, 2.75) is 71.6 Å². The first-order valence-corrected chi connectivity index (χ1v) is 8.98. The Balaban J connectivity index is 1.67. The Labute approximate surface area is 128 Å². The van der Waals surface area contributed by atoms with Gasteiger partial charge in [-0.3, -0.25) is 9.59 Å². The minimum absolute atomic E-state index is 0.298. The van der Waals surface area contributed by atoms with Crippen molar-refractivity contribution in [3.05, 3.63) is 0 Å². The zero-order chi connectivity index (χ0) is 14.8. The third-order valence-corrected chi connectivity index (χ3v) is 8.06. The molecule has 0 bridgehead atoms. The zero-order valence-corrected chi connectivity index (χ0v) is 13.5. The molecule has 0 amide bonds. The largest absolute Gasteiger partial charge is 0.300 e. The number of fused-ring (bicyclic) bond motifs is 5. The first kappa shape index (κ1) is 14.0. The average molecular weight is 288 g/mol. The summed E-state index contributed by atoms with van der Waals surface area (Å²) in [6.45, 7) is 4.82. The fourth-order valence-electron chi connectivity index (χ4n) is 6.80. The molecule has 0 saturated heterocycles. The summed E-state index contributed by atoms with van der Waals surface area (Å²) in [5.41, 5.74) is 0.632. The molecule has 4 rings (SSSR count). The van der Waals surface area contributed by atoms with Gasteiger partial charge in [0.25, 0.3) is 0 Å². The van der Waals surface area contributed by atoms with Crippen molar-refractivity contribution in [2.24, 2.45) is 34.5 Å². The molecule has 0 aliphatic heterocycles. The Hall–Kier alpha value is -0.660. The number of carbonyl (C=O) groups excluding carboxylic acids is 2. The van der Waals surface area contributed by atoms with Crippen LogP contribution in [0.25, 0.3) is 0 Å². The molecule has 0 N–H and O–H groups in total. The second kappa shape index (κ2) is 4.43. The average Bonchev–Trinajstić information content (AvgIpc) is 2.76. The molecule has 4 aliphatic rings. The maximum Gasteiger partial charge on any atom is 0.136 e. The normalized spacial score (nSPS) is 53.0. The molecule has 6 atom stereocenters. The topological polar surface area (TPSA) is 34.1 Å². The van der Waals surface area contributed by atoms with Crippen LogP contribution in [-0.2, 0) is 9.59 Å². The first-order chi connectivity index (χ1) is 9.94. The molecule has 4 fully saturated rings. The molecular weight excluding hydrogens is 260 g/mol. The van der Waals surface area contributed by atoms with Crippen molar-refractivity contribution in [1.82, 2.24) is 0 Å². The monoisotopic (exact) mass is 288 g/mol. The molecule has 0 aromatic heterocycles. The van der Waals surface area contributed by atoms with E-state index >= 15 is 0 Å². The van der Waals surface area contributed by atoms with E-state index in [2.05, 4.69) is 13.8 Å². The third-order valence-electron chi connectivity index (χ3n) is 8.06. The summed E-state index contributed by atoms with van der Waals surface area (Å²) < 4.78 is 0. The molecule has 0 spiro atoms. The number of hydrogen-bond donors (Lipinski definition) is 0. The van der Waals surface area contributed by atoms with E-state index in [0.29, 0.717) is 46.1 Å². The highest BCUT2D eigenvalue weighted by Crippen LogP contribution is 2.65. The fourth-order valence-corrected chi connectivity index (χ4v) is 6.80. The van der Waals surface area contributed by atoms with Gasteiger partial charge in [-0.25, -0.2) is 0 Å². The quantitative estimate of drug-likeness (QED) is 0.670. The molecule has 4 aliphatic carbocycles. The summed E-state index contributed by atoms with van der Waals surface area (Å²) in [6, 6.07) is 0. The summed E-state index contributed by atoms with van der Waals surface area (Å²) in [4.78, 5) is 24.4. The van der Waals surface area contributed by atoms with Crippen LogP contribution < -0.4 is 0 Å².